The average Bonchev–Trinajstić information content (AvgIpc) is 3.01. The molecule has 0 spiro atoms. The van der Waals surface area contributed by atoms with Crippen molar-refractivity contribution in [2.75, 3.05) is 20.1 Å². The van der Waals surface area contributed by atoms with Crippen LogP contribution in [0.3, 0.4) is 0 Å². The SMILES string of the molecule is CNCCCNC(=O)c1csc(-c2cccc([N+](=O)[O-])c2)n1. The summed E-state index contributed by atoms with van der Waals surface area (Å²) in [6.07, 6.45) is 0.837. The highest BCUT2D eigenvalue weighted by Crippen LogP contribution is 2.26. The van der Waals surface area contributed by atoms with E-state index in [1.165, 1.54) is 23.5 Å². The first-order valence-corrected chi connectivity index (χ1v) is 7.63. The first-order valence-electron chi connectivity index (χ1n) is 6.75. The van der Waals surface area contributed by atoms with E-state index < -0.39 is 4.92 Å². The predicted molar refractivity (Wildman–Crippen MR) is 85.1 cm³/mol. The third kappa shape index (κ3) is 4.09. The van der Waals surface area contributed by atoms with Crippen LogP contribution in [0.25, 0.3) is 10.6 Å². The number of nitrogens with one attached hydrogen (secondary N) is 2. The van der Waals surface area contributed by atoms with Crippen LogP contribution in [-0.2, 0) is 0 Å². The number of carbonyl (C=O) groups excluding carboxylic acids is 1. The summed E-state index contributed by atoms with van der Waals surface area (Å²) in [4.78, 5) is 26.5. The molecule has 2 rings (SSSR count). The van der Waals surface area contributed by atoms with E-state index in [4.69, 9.17) is 0 Å². The summed E-state index contributed by atoms with van der Waals surface area (Å²) in [6, 6.07) is 6.22. The Labute approximate surface area is 131 Å². The molecule has 0 aliphatic carbocycles. The Kier molecular flexibility index (Phi) is 5.56. The third-order valence-corrected chi connectivity index (χ3v) is 3.82. The van der Waals surface area contributed by atoms with E-state index in [0.717, 1.165) is 13.0 Å². The second kappa shape index (κ2) is 7.62. The van der Waals surface area contributed by atoms with Crippen LogP contribution < -0.4 is 10.6 Å². The smallest absolute Gasteiger partial charge is 0.270 e. The molecule has 2 N–H and O–H groups in total. The fourth-order valence-corrected chi connectivity index (χ4v) is 2.62. The molecule has 1 aromatic heterocycles. The number of thiazole rings is 1. The van der Waals surface area contributed by atoms with Gasteiger partial charge in [0.05, 0.1) is 4.92 Å². The minimum absolute atomic E-state index is 0.00534. The van der Waals surface area contributed by atoms with Crippen LogP contribution in [0.5, 0.6) is 0 Å². The third-order valence-electron chi connectivity index (χ3n) is 2.93. The number of hydrogen-bond donors (Lipinski definition) is 2. The van der Waals surface area contributed by atoms with Gasteiger partial charge in [0, 0.05) is 29.6 Å². The van der Waals surface area contributed by atoms with E-state index in [9.17, 15) is 14.9 Å². The fraction of sp³-hybridized carbons (Fsp3) is 0.286. The van der Waals surface area contributed by atoms with Crippen molar-refractivity contribution in [2.45, 2.75) is 6.42 Å². The molecule has 116 valence electrons. The van der Waals surface area contributed by atoms with E-state index in [-0.39, 0.29) is 11.6 Å². The molecule has 0 unspecified atom stereocenters. The molecule has 0 atom stereocenters. The number of carbonyl (C=O) groups is 1. The first-order chi connectivity index (χ1) is 10.6. The summed E-state index contributed by atoms with van der Waals surface area (Å²) in [5.74, 6) is -0.232. The van der Waals surface area contributed by atoms with Crippen LogP contribution in [0.2, 0.25) is 0 Å². The lowest BCUT2D eigenvalue weighted by Gasteiger charge is -2.02. The molecule has 8 heteroatoms. The van der Waals surface area contributed by atoms with E-state index >= 15 is 0 Å². The van der Waals surface area contributed by atoms with E-state index in [1.54, 1.807) is 17.5 Å². The Hall–Kier alpha value is -2.32. The minimum Gasteiger partial charge on any atom is -0.351 e. The van der Waals surface area contributed by atoms with Gasteiger partial charge >= 0.3 is 0 Å². The van der Waals surface area contributed by atoms with Crippen molar-refractivity contribution in [3.8, 4) is 10.6 Å². The number of hydrogen-bond acceptors (Lipinski definition) is 6. The van der Waals surface area contributed by atoms with Crippen LogP contribution in [0.4, 0.5) is 5.69 Å². The molecule has 0 saturated carbocycles. The molecule has 1 amide bonds. The summed E-state index contributed by atoms with van der Waals surface area (Å²) in [5, 5.41) is 18.8. The highest BCUT2D eigenvalue weighted by molar-refractivity contribution is 7.13. The number of aromatic nitrogens is 1. The molecule has 0 bridgehead atoms. The molecule has 0 fully saturated rings. The van der Waals surface area contributed by atoms with E-state index in [1.807, 2.05) is 7.05 Å². The Bertz CT molecular complexity index is 672. The zero-order valence-corrected chi connectivity index (χ0v) is 12.9. The van der Waals surface area contributed by atoms with Gasteiger partial charge in [-0.25, -0.2) is 4.98 Å². The maximum absolute atomic E-state index is 11.9. The zero-order valence-electron chi connectivity index (χ0n) is 12.0. The topological polar surface area (TPSA) is 97.2 Å². The van der Waals surface area contributed by atoms with Gasteiger partial charge in [0.25, 0.3) is 11.6 Å². The second-order valence-electron chi connectivity index (χ2n) is 4.56. The van der Waals surface area contributed by atoms with E-state index in [0.29, 0.717) is 22.8 Å². The Morgan fingerprint density at radius 3 is 2.95 bits per heavy atom. The van der Waals surface area contributed by atoms with Crippen LogP contribution in [0.15, 0.2) is 29.6 Å². The van der Waals surface area contributed by atoms with Crippen LogP contribution in [-0.4, -0.2) is 36.0 Å². The molecule has 1 aromatic carbocycles. The largest absolute Gasteiger partial charge is 0.351 e. The van der Waals surface area contributed by atoms with Gasteiger partial charge in [-0.15, -0.1) is 11.3 Å². The van der Waals surface area contributed by atoms with Crippen molar-refractivity contribution < 1.29 is 9.72 Å². The first kappa shape index (κ1) is 16.1. The number of nitrogens with zero attached hydrogens (tertiary/aromatic N) is 2. The van der Waals surface area contributed by atoms with Crippen molar-refractivity contribution >= 4 is 22.9 Å². The van der Waals surface area contributed by atoms with Gasteiger partial charge in [-0.05, 0) is 20.0 Å². The normalized spacial score (nSPS) is 10.4. The highest BCUT2D eigenvalue weighted by atomic mass is 32.1. The van der Waals surface area contributed by atoms with Gasteiger partial charge in [0.1, 0.15) is 10.7 Å². The van der Waals surface area contributed by atoms with Gasteiger partial charge in [-0.2, -0.15) is 0 Å². The Morgan fingerprint density at radius 1 is 1.41 bits per heavy atom. The monoisotopic (exact) mass is 320 g/mol. The summed E-state index contributed by atoms with van der Waals surface area (Å²) >= 11 is 1.29. The summed E-state index contributed by atoms with van der Waals surface area (Å²) < 4.78 is 0. The average molecular weight is 320 g/mol. The number of non-ortho nitro benzene ring substituents is 1. The molecular weight excluding hydrogens is 304 g/mol. The Balaban J connectivity index is 2.06. The zero-order chi connectivity index (χ0) is 15.9. The van der Waals surface area contributed by atoms with Gasteiger partial charge in [0.2, 0.25) is 0 Å². The molecule has 0 radical (unpaired) electrons. The van der Waals surface area contributed by atoms with Gasteiger partial charge in [-0.1, -0.05) is 12.1 Å². The second-order valence-corrected chi connectivity index (χ2v) is 5.42. The standard InChI is InChI=1S/C14H16N4O3S/c1-15-6-3-7-16-13(19)12-9-22-14(17-12)10-4-2-5-11(8-10)18(20)21/h2,4-5,8-9,15H,3,6-7H2,1H3,(H,16,19). The number of benzene rings is 1. The molecule has 7 nitrogen and oxygen atoms in total. The maximum Gasteiger partial charge on any atom is 0.270 e. The molecule has 1 heterocycles. The van der Waals surface area contributed by atoms with Crippen LogP contribution in [0.1, 0.15) is 16.9 Å². The molecular formula is C14H16N4O3S. The lowest BCUT2D eigenvalue weighted by molar-refractivity contribution is -0.384. The van der Waals surface area contributed by atoms with Crippen molar-refractivity contribution in [1.29, 1.82) is 0 Å². The van der Waals surface area contributed by atoms with Crippen LogP contribution in [0, 0.1) is 10.1 Å². The number of amides is 1. The highest BCUT2D eigenvalue weighted by Gasteiger charge is 2.13. The molecule has 0 aliphatic heterocycles. The van der Waals surface area contributed by atoms with Gasteiger partial charge in [-0.3, -0.25) is 14.9 Å². The lowest BCUT2D eigenvalue weighted by atomic mass is 10.2. The minimum atomic E-state index is -0.452. The number of nitro groups is 1. The van der Waals surface area contributed by atoms with Crippen LogP contribution >= 0.6 is 11.3 Å². The number of nitro benzene ring substituents is 1. The van der Waals surface area contributed by atoms with Crippen molar-refractivity contribution in [1.82, 2.24) is 15.6 Å². The quantitative estimate of drug-likeness (QED) is 0.462. The maximum atomic E-state index is 11.9. The van der Waals surface area contributed by atoms with Crippen molar-refractivity contribution in [3.63, 3.8) is 0 Å². The fourth-order valence-electron chi connectivity index (χ4n) is 1.82. The molecule has 22 heavy (non-hydrogen) atoms. The lowest BCUT2D eigenvalue weighted by Crippen LogP contribution is -2.26. The predicted octanol–water partition coefficient (Wildman–Crippen LogP) is 2.06. The molecule has 2 aromatic rings. The summed E-state index contributed by atoms with van der Waals surface area (Å²) in [6.45, 7) is 1.40. The molecule has 0 saturated heterocycles. The Morgan fingerprint density at radius 2 is 2.23 bits per heavy atom. The van der Waals surface area contributed by atoms with Gasteiger partial charge < -0.3 is 10.6 Å². The van der Waals surface area contributed by atoms with Crippen molar-refractivity contribution in [3.05, 3.63) is 45.5 Å². The molecule has 0 aliphatic rings. The number of rotatable bonds is 7. The summed E-state index contributed by atoms with van der Waals surface area (Å²) in [7, 11) is 1.85. The van der Waals surface area contributed by atoms with Gasteiger partial charge in [0.15, 0.2) is 0 Å². The van der Waals surface area contributed by atoms with Crippen molar-refractivity contribution in [2.24, 2.45) is 0 Å². The van der Waals surface area contributed by atoms with E-state index in [2.05, 4.69) is 15.6 Å². The summed E-state index contributed by atoms with van der Waals surface area (Å²) in [5.41, 5.74) is 0.968.